The Labute approximate surface area is 137 Å². The van der Waals surface area contributed by atoms with Crippen LogP contribution in [0.25, 0.3) is 0 Å². The first-order valence-electron chi connectivity index (χ1n) is 7.65. The fraction of sp³-hybridized carbons (Fsp3) is 0.263. The fourth-order valence-corrected chi connectivity index (χ4v) is 2.26. The normalized spacial score (nSPS) is 12.7. The lowest BCUT2D eigenvalue weighted by Crippen LogP contribution is -2.27. The SMILES string of the molecule is CO[C@@H](C(=O)N/N=C(/C)CCc1ccccc1)c1ccccc1. The summed E-state index contributed by atoms with van der Waals surface area (Å²) in [6.07, 6.45) is 1.05. The summed E-state index contributed by atoms with van der Waals surface area (Å²) in [6.45, 7) is 1.91. The van der Waals surface area contributed by atoms with E-state index in [1.54, 1.807) is 0 Å². The van der Waals surface area contributed by atoms with Crippen LogP contribution in [0.15, 0.2) is 65.8 Å². The predicted molar refractivity (Wildman–Crippen MR) is 92.2 cm³/mol. The van der Waals surface area contributed by atoms with Gasteiger partial charge in [0, 0.05) is 12.8 Å². The molecule has 4 nitrogen and oxygen atoms in total. The maximum absolute atomic E-state index is 12.2. The van der Waals surface area contributed by atoms with Crippen molar-refractivity contribution >= 4 is 11.6 Å². The van der Waals surface area contributed by atoms with E-state index < -0.39 is 6.10 Å². The largest absolute Gasteiger partial charge is 0.367 e. The number of hydrogen-bond acceptors (Lipinski definition) is 3. The average molecular weight is 310 g/mol. The van der Waals surface area contributed by atoms with Crippen LogP contribution in [0.3, 0.4) is 0 Å². The number of methoxy groups -OCH3 is 1. The minimum Gasteiger partial charge on any atom is -0.367 e. The first kappa shape index (κ1) is 16.9. The van der Waals surface area contributed by atoms with Crippen LogP contribution in [0, 0.1) is 0 Å². The fourth-order valence-electron chi connectivity index (χ4n) is 2.26. The van der Waals surface area contributed by atoms with Crippen LogP contribution in [0.2, 0.25) is 0 Å². The zero-order chi connectivity index (χ0) is 16.5. The van der Waals surface area contributed by atoms with Crippen LogP contribution < -0.4 is 5.43 Å². The topological polar surface area (TPSA) is 50.7 Å². The van der Waals surface area contributed by atoms with Gasteiger partial charge in [0.05, 0.1) is 0 Å². The van der Waals surface area contributed by atoms with E-state index in [1.165, 1.54) is 12.7 Å². The van der Waals surface area contributed by atoms with E-state index in [0.717, 1.165) is 24.1 Å². The summed E-state index contributed by atoms with van der Waals surface area (Å²) in [5.74, 6) is -0.266. The van der Waals surface area contributed by atoms with E-state index in [2.05, 4.69) is 22.7 Å². The Hall–Kier alpha value is -2.46. The molecule has 0 heterocycles. The van der Waals surface area contributed by atoms with Crippen molar-refractivity contribution in [3.8, 4) is 0 Å². The van der Waals surface area contributed by atoms with Crippen molar-refractivity contribution in [2.24, 2.45) is 5.10 Å². The van der Waals surface area contributed by atoms with Gasteiger partial charge in [-0.15, -0.1) is 0 Å². The third kappa shape index (κ3) is 5.34. The number of amides is 1. The van der Waals surface area contributed by atoms with Crippen LogP contribution in [0.4, 0.5) is 0 Å². The summed E-state index contributed by atoms with van der Waals surface area (Å²) in [5, 5.41) is 4.17. The highest BCUT2D eigenvalue weighted by Crippen LogP contribution is 2.16. The number of ether oxygens (including phenoxy) is 1. The Bertz CT molecular complexity index is 639. The molecule has 1 amide bonds. The number of benzene rings is 2. The van der Waals surface area contributed by atoms with Crippen LogP contribution in [0.1, 0.15) is 30.6 Å². The Morgan fingerprint density at radius 1 is 1.09 bits per heavy atom. The molecule has 23 heavy (non-hydrogen) atoms. The maximum atomic E-state index is 12.2. The second-order valence-corrected chi connectivity index (χ2v) is 5.34. The molecule has 0 bridgehead atoms. The van der Waals surface area contributed by atoms with Crippen molar-refractivity contribution in [3.05, 3.63) is 71.8 Å². The zero-order valence-corrected chi connectivity index (χ0v) is 13.5. The van der Waals surface area contributed by atoms with Crippen molar-refractivity contribution in [1.29, 1.82) is 0 Å². The molecule has 2 rings (SSSR count). The highest BCUT2D eigenvalue weighted by atomic mass is 16.5. The molecular weight excluding hydrogens is 288 g/mol. The molecule has 120 valence electrons. The maximum Gasteiger partial charge on any atom is 0.273 e. The van der Waals surface area contributed by atoms with Gasteiger partial charge in [-0.05, 0) is 30.9 Å². The molecule has 0 unspecified atom stereocenters. The van der Waals surface area contributed by atoms with Gasteiger partial charge in [-0.25, -0.2) is 5.43 Å². The molecular formula is C19H22N2O2. The molecule has 0 saturated carbocycles. The number of nitrogens with one attached hydrogen (secondary N) is 1. The van der Waals surface area contributed by atoms with E-state index in [4.69, 9.17) is 4.74 Å². The lowest BCUT2D eigenvalue weighted by atomic mass is 10.1. The average Bonchev–Trinajstić information content (AvgIpc) is 2.60. The van der Waals surface area contributed by atoms with Gasteiger partial charge >= 0.3 is 0 Å². The smallest absolute Gasteiger partial charge is 0.273 e. The Morgan fingerprint density at radius 3 is 2.30 bits per heavy atom. The summed E-state index contributed by atoms with van der Waals surface area (Å²) in [4.78, 5) is 12.2. The number of hydrogen-bond donors (Lipinski definition) is 1. The van der Waals surface area contributed by atoms with E-state index >= 15 is 0 Å². The zero-order valence-electron chi connectivity index (χ0n) is 13.5. The van der Waals surface area contributed by atoms with Crippen molar-refractivity contribution in [2.75, 3.05) is 7.11 Å². The third-order valence-corrected chi connectivity index (χ3v) is 3.55. The molecule has 4 heteroatoms. The molecule has 2 aromatic carbocycles. The summed E-state index contributed by atoms with van der Waals surface area (Å²) in [7, 11) is 1.52. The predicted octanol–water partition coefficient (Wildman–Crippen LogP) is 3.50. The van der Waals surface area contributed by atoms with Crippen LogP contribution in [0.5, 0.6) is 0 Å². The van der Waals surface area contributed by atoms with Crippen molar-refractivity contribution < 1.29 is 9.53 Å². The molecule has 0 saturated heterocycles. The molecule has 0 aromatic heterocycles. The van der Waals surface area contributed by atoms with Crippen molar-refractivity contribution in [2.45, 2.75) is 25.9 Å². The monoisotopic (exact) mass is 310 g/mol. The Kier molecular flexibility index (Phi) is 6.51. The van der Waals surface area contributed by atoms with E-state index in [0.29, 0.717) is 0 Å². The molecule has 1 atom stereocenters. The van der Waals surface area contributed by atoms with E-state index in [1.807, 2.05) is 55.5 Å². The minimum absolute atomic E-state index is 0.266. The van der Waals surface area contributed by atoms with Gasteiger partial charge in [0.1, 0.15) is 0 Å². The molecule has 2 aromatic rings. The third-order valence-electron chi connectivity index (χ3n) is 3.55. The van der Waals surface area contributed by atoms with Gasteiger partial charge in [-0.1, -0.05) is 60.7 Å². The number of hydrazone groups is 1. The minimum atomic E-state index is -0.651. The van der Waals surface area contributed by atoms with Gasteiger partial charge in [-0.2, -0.15) is 5.10 Å². The summed E-state index contributed by atoms with van der Waals surface area (Å²) < 4.78 is 5.28. The molecule has 0 radical (unpaired) electrons. The molecule has 1 N–H and O–H groups in total. The Balaban J connectivity index is 1.88. The van der Waals surface area contributed by atoms with Gasteiger partial charge in [-0.3, -0.25) is 4.79 Å². The second kappa shape index (κ2) is 8.86. The van der Waals surface area contributed by atoms with Gasteiger partial charge < -0.3 is 4.74 Å². The van der Waals surface area contributed by atoms with Crippen LogP contribution in [-0.4, -0.2) is 18.7 Å². The standard InChI is InChI=1S/C19H22N2O2/c1-15(13-14-16-9-5-3-6-10-16)20-21-19(22)18(23-2)17-11-7-4-8-12-17/h3-12,18H,13-14H2,1-2H3,(H,21,22)/b20-15-/t18-/m1/s1. The van der Waals surface area contributed by atoms with Gasteiger partial charge in [0.15, 0.2) is 6.10 Å². The molecule has 0 fully saturated rings. The lowest BCUT2D eigenvalue weighted by Gasteiger charge is -2.14. The Morgan fingerprint density at radius 2 is 1.70 bits per heavy atom. The molecule has 0 aliphatic rings. The second-order valence-electron chi connectivity index (χ2n) is 5.34. The lowest BCUT2D eigenvalue weighted by molar-refractivity contribution is -0.131. The number of carbonyl (C=O) groups is 1. The molecule has 0 aliphatic carbocycles. The first-order chi connectivity index (χ1) is 11.2. The number of aryl methyl sites for hydroxylation is 1. The summed E-state index contributed by atoms with van der Waals surface area (Å²) >= 11 is 0. The van der Waals surface area contributed by atoms with Crippen LogP contribution in [-0.2, 0) is 16.0 Å². The van der Waals surface area contributed by atoms with E-state index in [9.17, 15) is 4.79 Å². The summed E-state index contributed by atoms with van der Waals surface area (Å²) in [6, 6.07) is 19.6. The van der Waals surface area contributed by atoms with E-state index in [-0.39, 0.29) is 5.91 Å². The van der Waals surface area contributed by atoms with Gasteiger partial charge in [0.25, 0.3) is 5.91 Å². The van der Waals surface area contributed by atoms with Crippen LogP contribution >= 0.6 is 0 Å². The number of nitrogens with zero attached hydrogens (tertiary/aromatic N) is 1. The highest BCUT2D eigenvalue weighted by molar-refractivity contribution is 5.86. The number of rotatable bonds is 7. The number of carbonyl (C=O) groups excluding carboxylic acids is 1. The van der Waals surface area contributed by atoms with Gasteiger partial charge in [0.2, 0.25) is 0 Å². The molecule has 0 aliphatic heterocycles. The van der Waals surface area contributed by atoms with Crippen molar-refractivity contribution in [3.63, 3.8) is 0 Å². The van der Waals surface area contributed by atoms with Crippen molar-refractivity contribution in [1.82, 2.24) is 5.43 Å². The first-order valence-corrected chi connectivity index (χ1v) is 7.65. The highest BCUT2D eigenvalue weighted by Gasteiger charge is 2.19. The summed E-state index contributed by atoms with van der Waals surface area (Å²) in [5.41, 5.74) is 5.54. The quantitative estimate of drug-likeness (QED) is 0.628. The molecule has 0 spiro atoms.